The van der Waals surface area contributed by atoms with Crippen molar-refractivity contribution in [1.82, 2.24) is 10.0 Å². The van der Waals surface area contributed by atoms with Gasteiger partial charge in [-0.1, -0.05) is 47.0 Å². The number of nitrogens with one attached hydrogen (secondary N) is 2. The number of ketones is 1. The Balaban J connectivity index is 1.86. The molecule has 0 unspecified atom stereocenters. The zero-order valence-electron chi connectivity index (χ0n) is 23.3. The summed E-state index contributed by atoms with van der Waals surface area (Å²) in [5.41, 5.74) is 0.0167. The average Bonchev–Trinajstić information content (AvgIpc) is 2.83. The summed E-state index contributed by atoms with van der Waals surface area (Å²) in [6, 6.07) is 3.96. The predicted octanol–water partition coefficient (Wildman–Crippen LogP) is 3.90. The summed E-state index contributed by atoms with van der Waals surface area (Å²) in [6.45, 7) is 12.7. The van der Waals surface area contributed by atoms with Crippen molar-refractivity contribution in [2.75, 3.05) is 13.7 Å². The fourth-order valence-corrected chi connectivity index (χ4v) is 7.36. The van der Waals surface area contributed by atoms with Gasteiger partial charge >= 0.3 is 0 Å². The van der Waals surface area contributed by atoms with Crippen LogP contribution >= 0.6 is 0 Å². The van der Waals surface area contributed by atoms with Gasteiger partial charge in [-0.15, -0.1) is 0 Å². The third-order valence-electron chi connectivity index (χ3n) is 7.78. The lowest BCUT2D eigenvalue weighted by atomic mass is 9.64. The number of ether oxygens (including phenoxy) is 1. The molecule has 0 radical (unpaired) electrons. The van der Waals surface area contributed by atoms with Crippen LogP contribution in [-0.4, -0.2) is 54.9 Å². The molecule has 1 aromatic rings. The number of sulfonamides is 1. The molecule has 1 aliphatic heterocycles. The van der Waals surface area contributed by atoms with Gasteiger partial charge < -0.3 is 14.5 Å². The Kier molecular flexibility index (Phi) is 9.64. The van der Waals surface area contributed by atoms with Crippen molar-refractivity contribution in [3.63, 3.8) is 0 Å². The van der Waals surface area contributed by atoms with Gasteiger partial charge in [-0.2, -0.15) is 0 Å². The molecule has 0 bridgehead atoms. The van der Waals surface area contributed by atoms with Crippen LogP contribution in [0.15, 0.2) is 23.1 Å². The lowest BCUT2D eigenvalue weighted by Crippen LogP contribution is -2.66. The average molecular weight is 553 g/mol. The van der Waals surface area contributed by atoms with Crippen LogP contribution < -0.4 is 14.8 Å². The van der Waals surface area contributed by atoms with Crippen LogP contribution in [0.2, 0.25) is 13.1 Å². The molecule has 1 saturated heterocycles. The highest BCUT2D eigenvalue weighted by atomic mass is 32.2. The first-order chi connectivity index (χ1) is 17.3. The summed E-state index contributed by atoms with van der Waals surface area (Å²) in [4.78, 5) is 26.6. The van der Waals surface area contributed by atoms with Crippen molar-refractivity contribution in [2.45, 2.75) is 89.9 Å². The SMILES string of the molecule is COc1ccc(S(=O)(=O)NC2CCCCC2)cc1C(=O)[C@H](C)[C@H]1NC(=O)[C@H]1[C@@H](CO[SiH](C)C)C(C)(C)C. The van der Waals surface area contributed by atoms with E-state index in [1.165, 1.54) is 25.3 Å². The van der Waals surface area contributed by atoms with E-state index in [4.69, 9.17) is 9.16 Å². The van der Waals surface area contributed by atoms with Crippen LogP contribution in [0.25, 0.3) is 0 Å². The maximum atomic E-state index is 13.7. The maximum Gasteiger partial charge on any atom is 0.240 e. The van der Waals surface area contributed by atoms with Crippen molar-refractivity contribution in [3.05, 3.63) is 23.8 Å². The second-order valence-electron chi connectivity index (χ2n) is 11.9. The number of rotatable bonds is 11. The number of Topliss-reactive ketones (excluding diaryl/α,β-unsaturated/α-hetero) is 1. The molecular formula is C27H44N2O6SSi. The fraction of sp³-hybridized carbons (Fsp3) is 0.704. The molecule has 2 N–H and O–H groups in total. The van der Waals surface area contributed by atoms with Crippen molar-refractivity contribution in [2.24, 2.45) is 23.2 Å². The Hall–Kier alpha value is -1.75. The van der Waals surface area contributed by atoms with Gasteiger partial charge in [0.1, 0.15) is 5.75 Å². The molecule has 1 heterocycles. The first-order valence-electron chi connectivity index (χ1n) is 13.4. The van der Waals surface area contributed by atoms with Crippen LogP contribution in [0.4, 0.5) is 0 Å². The third kappa shape index (κ3) is 7.02. The predicted molar refractivity (Wildman–Crippen MR) is 147 cm³/mol. The molecule has 2 fully saturated rings. The number of carbonyl (C=O) groups excluding carboxylic acids is 2. The molecule has 208 valence electrons. The number of benzene rings is 1. The van der Waals surface area contributed by atoms with E-state index in [2.05, 4.69) is 43.9 Å². The quantitative estimate of drug-likeness (QED) is 0.245. The van der Waals surface area contributed by atoms with Gasteiger partial charge in [-0.25, -0.2) is 13.1 Å². The molecule has 37 heavy (non-hydrogen) atoms. The first kappa shape index (κ1) is 29.8. The Morgan fingerprint density at radius 2 is 1.84 bits per heavy atom. The molecule has 1 amide bonds. The van der Waals surface area contributed by atoms with E-state index < -0.39 is 25.0 Å². The molecule has 1 aromatic carbocycles. The largest absolute Gasteiger partial charge is 0.496 e. The minimum Gasteiger partial charge on any atom is -0.496 e. The summed E-state index contributed by atoms with van der Waals surface area (Å²) in [7, 11) is -3.61. The molecule has 1 aliphatic carbocycles. The number of hydrogen-bond donors (Lipinski definition) is 2. The Morgan fingerprint density at radius 3 is 2.38 bits per heavy atom. The second kappa shape index (κ2) is 12.0. The summed E-state index contributed by atoms with van der Waals surface area (Å²) in [6.07, 6.45) is 4.77. The molecule has 2 aliphatic rings. The molecule has 8 nitrogen and oxygen atoms in total. The van der Waals surface area contributed by atoms with E-state index in [-0.39, 0.29) is 51.5 Å². The van der Waals surface area contributed by atoms with Gasteiger partial charge in [-0.05, 0) is 55.5 Å². The number of β-lactam (4-membered cyclic amide) rings is 1. The van der Waals surface area contributed by atoms with Crippen molar-refractivity contribution in [1.29, 1.82) is 0 Å². The molecule has 0 aromatic heterocycles. The smallest absolute Gasteiger partial charge is 0.240 e. The molecule has 4 atom stereocenters. The zero-order valence-corrected chi connectivity index (χ0v) is 25.3. The van der Waals surface area contributed by atoms with Gasteiger partial charge in [0.2, 0.25) is 15.9 Å². The normalized spacial score (nSPS) is 22.8. The first-order valence-corrected chi connectivity index (χ1v) is 17.7. The van der Waals surface area contributed by atoms with Crippen molar-refractivity contribution in [3.8, 4) is 5.75 Å². The highest BCUT2D eigenvalue weighted by Crippen LogP contribution is 2.41. The summed E-state index contributed by atoms with van der Waals surface area (Å²) < 4.78 is 40.6. The third-order valence-corrected chi connectivity index (χ3v) is 10.2. The lowest BCUT2D eigenvalue weighted by molar-refractivity contribution is -0.143. The van der Waals surface area contributed by atoms with E-state index in [0.29, 0.717) is 12.4 Å². The van der Waals surface area contributed by atoms with Crippen LogP contribution in [0.1, 0.15) is 70.2 Å². The van der Waals surface area contributed by atoms with Crippen molar-refractivity contribution < 1.29 is 27.2 Å². The van der Waals surface area contributed by atoms with Gasteiger partial charge in [0.25, 0.3) is 0 Å². The van der Waals surface area contributed by atoms with Gasteiger partial charge in [0, 0.05) is 18.6 Å². The number of carbonyl (C=O) groups is 2. The van der Waals surface area contributed by atoms with E-state index in [1.54, 1.807) is 6.92 Å². The molecule has 1 saturated carbocycles. The Morgan fingerprint density at radius 1 is 1.19 bits per heavy atom. The summed E-state index contributed by atoms with van der Waals surface area (Å²) in [5.74, 6) is -0.992. The number of methoxy groups -OCH3 is 1. The fourth-order valence-electron chi connectivity index (χ4n) is 5.44. The number of hydrogen-bond acceptors (Lipinski definition) is 6. The minimum atomic E-state index is -3.79. The Labute approximate surface area is 224 Å². The van der Waals surface area contributed by atoms with E-state index in [9.17, 15) is 18.0 Å². The minimum absolute atomic E-state index is 0.0477. The number of amides is 1. The molecule has 3 rings (SSSR count). The summed E-state index contributed by atoms with van der Waals surface area (Å²) in [5, 5.41) is 2.94. The van der Waals surface area contributed by atoms with Crippen LogP contribution in [0.3, 0.4) is 0 Å². The molecule has 0 spiro atoms. The molecular weight excluding hydrogens is 508 g/mol. The zero-order chi connectivity index (χ0) is 27.5. The monoisotopic (exact) mass is 552 g/mol. The van der Waals surface area contributed by atoms with Gasteiger partial charge in [0.15, 0.2) is 14.8 Å². The maximum absolute atomic E-state index is 13.7. The topological polar surface area (TPSA) is 111 Å². The second-order valence-corrected chi connectivity index (χ2v) is 16.0. The van der Waals surface area contributed by atoms with E-state index >= 15 is 0 Å². The van der Waals surface area contributed by atoms with E-state index in [0.717, 1.165) is 32.1 Å². The Bertz CT molecular complexity index is 1080. The van der Waals surface area contributed by atoms with Crippen molar-refractivity contribution >= 4 is 30.8 Å². The van der Waals surface area contributed by atoms with E-state index in [1.807, 2.05) is 0 Å². The highest BCUT2D eigenvalue weighted by molar-refractivity contribution is 7.89. The lowest BCUT2D eigenvalue weighted by Gasteiger charge is -2.48. The molecule has 10 heteroatoms. The van der Waals surface area contributed by atoms with Gasteiger partial charge in [-0.3, -0.25) is 9.59 Å². The standard InChI is InChI=1S/C27H44N2O6SSi/c1-17(24-23(26(31)28-24)21(27(2,3)4)16-35-37(6)7)25(30)20-15-19(13-14-22(20)34-5)36(32,33)29-18-11-9-8-10-12-18/h13-15,17-18,21,23-24,29,37H,8-12,16H2,1-7H3,(H,28,31)/t17-,21-,23+,24-/m1/s1. The van der Waals surface area contributed by atoms with Gasteiger partial charge in [0.05, 0.1) is 29.5 Å². The summed E-state index contributed by atoms with van der Waals surface area (Å²) >= 11 is 0. The highest BCUT2D eigenvalue weighted by Gasteiger charge is 2.51. The van der Waals surface area contributed by atoms with Crippen LogP contribution in [0.5, 0.6) is 5.75 Å². The van der Waals surface area contributed by atoms with Crippen LogP contribution in [-0.2, 0) is 19.2 Å². The van der Waals surface area contributed by atoms with Crippen LogP contribution in [0, 0.1) is 23.2 Å².